The van der Waals surface area contributed by atoms with Crippen molar-refractivity contribution in [1.82, 2.24) is 9.88 Å². The summed E-state index contributed by atoms with van der Waals surface area (Å²) in [6, 6.07) is 6.21. The van der Waals surface area contributed by atoms with Crippen LogP contribution in [0.4, 0.5) is 0 Å². The second-order valence-corrected chi connectivity index (χ2v) is 6.74. The molecule has 1 aromatic carbocycles. The molecule has 0 spiro atoms. The number of phenolic OH excluding ortho intramolecular Hbond substituents is 1. The maximum absolute atomic E-state index is 12.8. The second-order valence-electron chi connectivity index (χ2n) is 6.74. The van der Waals surface area contributed by atoms with Gasteiger partial charge < -0.3 is 19.7 Å². The lowest BCUT2D eigenvalue weighted by atomic mass is 10.0. The number of hydrogen-bond acceptors (Lipinski definition) is 4. The maximum Gasteiger partial charge on any atom is 0.254 e. The number of fused-ring (bicyclic) bond motifs is 1. The fourth-order valence-corrected chi connectivity index (χ4v) is 2.87. The zero-order valence-electron chi connectivity index (χ0n) is 14.4. The molecule has 2 aromatic rings. The Morgan fingerprint density at radius 3 is 2.84 bits per heavy atom. The number of nitrogens with one attached hydrogen (secondary N) is 1. The number of phenols is 1. The quantitative estimate of drug-likeness (QED) is 0.893. The third-order valence-corrected chi connectivity index (χ3v) is 4.13. The number of aromatic hydroxyl groups is 1. The monoisotopic (exact) mass is 342 g/mol. The number of carbonyl (C=O) groups excluding carboxylic acids is 1. The Kier molecular flexibility index (Phi) is 4.79. The number of H-pyrrole nitrogens is 1. The summed E-state index contributed by atoms with van der Waals surface area (Å²) in [5.41, 5.74) is 2.19. The Labute approximate surface area is 146 Å². The van der Waals surface area contributed by atoms with Gasteiger partial charge in [-0.05, 0) is 35.6 Å². The minimum atomic E-state index is -0.165. The molecule has 0 saturated carbocycles. The molecule has 0 saturated heterocycles. The van der Waals surface area contributed by atoms with Gasteiger partial charge in [-0.3, -0.25) is 9.59 Å². The molecule has 0 aliphatic carbocycles. The van der Waals surface area contributed by atoms with Gasteiger partial charge in [0.1, 0.15) is 11.5 Å². The molecular weight excluding hydrogens is 320 g/mol. The summed E-state index contributed by atoms with van der Waals surface area (Å²) in [4.78, 5) is 28.6. The van der Waals surface area contributed by atoms with Crippen molar-refractivity contribution < 1.29 is 14.6 Å². The Hall–Kier alpha value is -2.76. The van der Waals surface area contributed by atoms with E-state index in [2.05, 4.69) is 4.98 Å². The van der Waals surface area contributed by atoms with Gasteiger partial charge in [0.05, 0.1) is 6.61 Å². The predicted octanol–water partition coefficient (Wildman–Crippen LogP) is 2.31. The molecule has 25 heavy (non-hydrogen) atoms. The van der Waals surface area contributed by atoms with E-state index in [0.29, 0.717) is 43.3 Å². The highest BCUT2D eigenvalue weighted by atomic mass is 16.5. The average molecular weight is 342 g/mol. The van der Waals surface area contributed by atoms with E-state index < -0.39 is 0 Å². The van der Waals surface area contributed by atoms with Crippen molar-refractivity contribution in [3.8, 4) is 11.5 Å². The van der Waals surface area contributed by atoms with Crippen molar-refractivity contribution in [2.75, 3.05) is 13.2 Å². The number of pyridine rings is 1. The summed E-state index contributed by atoms with van der Waals surface area (Å²) in [7, 11) is 0. The average Bonchev–Trinajstić information content (AvgIpc) is 2.58. The number of aromatic amines is 1. The normalized spacial score (nSPS) is 13.6. The number of nitrogens with zero attached hydrogens (tertiary/aromatic N) is 1. The molecule has 0 bridgehead atoms. The summed E-state index contributed by atoms with van der Waals surface area (Å²) < 4.78 is 5.63. The van der Waals surface area contributed by atoms with Gasteiger partial charge in [0.15, 0.2) is 0 Å². The van der Waals surface area contributed by atoms with Gasteiger partial charge in [-0.25, -0.2) is 0 Å². The van der Waals surface area contributed by atoms with Crippen molar-refractivity contribution in [2.24, 2.45) is 5.92 Å². The summed E-state index contributed by atoms with van der Waals surface area (Å²) in [5.74, 6) is 0.675. The van der Waals surface area contributed by atoms with Gasteiger partial charge >= 0.3 is 0 Å². The van der Waals surface area contributed by atoms with Crippen LogP contribution in [0.2, 0.25) is 0 Å². The third kappa shape index (κ3) is 4.02. The lowest BCUT2D eigenvalue weighted by Crippen LogP contribution is -2.36. The van der Waals surface area contributed by atoms with E-state index in [9.17, 15) is 14.7 Å². The van der Waals surface area contributed by atoms with Crippen LogP contribution in [0.5, 0.6) is 11.5 Å². The number of rotatable bonds is 4. The lowest BCUT2D eigenvalue weighted by molar-refractivity contribution is 0.0733. The Bertz CT molecular complexity index is 842. The molecule has 3 rings (SSSR count). The van der Waals surface area contributed by atoms with E-state index in [1.54, 1.807) is 23.2 Å². The smallest absolute Gasteiger partial charge is 0.254 e. The van der Waals surface area contributed by atoms with Crippen LogP contribution in [0.3, 0.4) is 0 Å². The third-order valence-electron chi connectivity index (χ3n) is 4.13. The van der Waals surface area contributed by atoms with Gasteiger partial charge in [0, 0.05) is 37.0 Å². The molecule has 0 radical (unpaired) electrons. The maximum atomic E-state index is 12.8. The van der Waals surface area contributed by atoms with E-state index in [-0.39, 0.29) is 17.2 Å². The Morgan fingerprint density at radius 1 is 1.28 bits per heavy atom. The van der Waals surface area contributed by atoms with Gasteiger partial charge in [0.25, 0.3) is 5.91 Å². The Morgan fingerprint density at radius 2 is 2.08 bits per heavy atom. The van der Waals surface area contributed by atoms with Gasteiger partial charge in [-0.15, -0.1) is 0 Å². The first kappa shape index (κ1) is 17.1. The molecule has 0 fully saturated rings. The van der Waals surface area contributed by atoms with E-state index in [0.717, 1.165) is 11.1 Å². The molecule has 0 unspecified atom stereocenters. The molecule has 6 nitrogen and oxygen atoms in total. The summed E-state index contributed by atoms with van der Waals surface area (Å²) in [5, 5.41) is 9.90. The van der Waals surface area contributed by atoms with Crippen molar-refractivity contribution in [1.29, 1.82) is 0 Å². The van der Waals surface area contributed by atoms with Crippen LogP contribution in [0.15, 0.2) is 35.3 Å². The fraction of sp³-hybridized carbons (Fsp3) is 0.368. The first-order valence-corrected chi connectivity index (χ1v) is 8.39. The number of carbonyl (C=O) groups is 1. The number of hydrogen-bond donors (Lipinski definition) is 2. The number of benzene rings is 1. The molecule has 1 aromatic heterocycles. The first-order chi connectivity index (χ1) is 11.9. The Balaban J connectivity index is 1.79. The van der Waals surface area contributed by atoms with Crippen LogP contribution in [-0.2, 0) is 13.0 Å². The fourth-order valence-electron chi connectivity index (χ4n) is 2.87. The molecule has 1 amide bonds. The van der Waals surface area contributed by atoms with E-state index >= 15 is 0 Å². The molecule has 0 atom stereocenters. The van der Waals surface area contributed by atoms with Crippen molar-refractivity contribution in [2.45, 2.75) is 26.8 Å². The number of amides is 1. The zero-order valence-corrected chi connectivity index (χ0v) is 14.4. The van der Waals surface area contributed by atoms with Crippen LogP contribution >= 0.6 is 0 Å². The van der Waals surface area contributed by atoms with Crippen LogP contribution in [0.25, 0.3) is 0 Å². The number of aromatic nitrogens is 1. The minimum Gasteiger partial charge on any atom is -0.508 e. The highest BCUT2D eigenvalue weighted by Crippen LogP contribution is 2.25. The molecule has 2 heterocycles. The van der Waals surface area contributed by atoms with E-state index in [4.69, 9.17) is 4.74 Å². The highest BCUT2D eigenvalue weighted by Gasteiger charge is 2.23. The van der Waals surface area contributed by atoms with Crippen LogP contribution in [0, 0.1) is 5.92 Å². The van der Waals surface area contributed by atoms with Crippen molar-refractivity contribution in [3.05, 3.63) is 57.5 Å². The molecule has 1 aliphatic rings. The zero-order chi connectivity index (χ0) is 18.0. The summed E-state index contributed by atoms with van der Waals surface area (Å²) in [6.07, 6.45) is 2.30. The van der Waals surface area contributed by atoms with Gasteiger partial charge in [0.2, 0.25) is 5.56 Å². The van der Waals surface area contributed by atoms with Crippen LogP contribution in [-0.4, -0.2) is 34.0 Å². The van der Waals surface area contributed by atoms with E-state index in [1.165, 1.54) is 12.1 Å². The summed E-state index contributed by atoms with van der Waals surface area (Å²) >= 11 is 0. The standard InChI is InChI=1S/C19H22N2O4/c1-12(2)11-25-17-6-14(5-16(22)8-17)19(24)21-4-3-13-7-18(23)20-9-15(13)10-21/h5-9,12,22H,3-4,10-11H2,1-2H3,(H,20,23). The molecular formula is C19H22N2O4. The first-order valence-electron chi connectivity index (χ1n) is 8.39. The predicted molar refractivity (Wildman–Crippen MR) is 93.9 cm³/mol. The van der Waals surface area contributed by atoms with Crippen molar-refractivity contribution >= 4 is 5.91 Å². The molecule has 132 valence electrons. The summed E-state index contributed by atoms with van der Waals surface area (Å²) in [6.45, 7) is 5.55. The minimum absolute atomic E-state index is 0.00588. The SMILES string of the molecule is CC(C)COc1cc(O)cc(C(=O)N2CCc3cc(=O)[nH]cc3C2)c1. The van der Waals surface area contributed by atoms with Gasteiger partial charge in [-0.2, -0.15) is 0 Å². The van der Waals surface area contributed by atoms with Crippen LogP contribution < -0.4 is 10.3 Å². The number of ether oxygens (including phenoxy) is 1. The molecule has 1 aliphatic heterocycles. The highest BCUT2D eigenvalue weighted by molar-refractivity contribution is 5.95. The second kappa shape index (κ2) is 7.01. The van der Waals surface area contributed by atoms with Gasteiger partial charge in [-0.1, -0.05) is 13.8 Å². The molecule has 6 heteroatoms. The largest absolute Gasteiger partial charge is 0.508 e. The molecule has 2 N–H and O–H groups in total. The van der Waals surface area contributed by atoms with Crippen LogP contribution in [0.1, 0.15) is 35.3 Å². The topological polar surface area (TPSA) is 82.6 Å². The van der Waals surface area contributed by atoms with E-state index in [1.807, 2.05) is 13.8 Å². The van der Waals surface area contributed by atoms with Crippen molar-refractivity contribution in [3.63, 3.8) is 0 Å². The lowest BCUT2D eigenvalue weighted by Gasteiger charge is -2.28.